The largest absolute Gasteiger partial charge is 0.352 e. The molecule has 1 aromatic carbocycles. The van der Waals surface area contributed by atoms with Gasteiger partial charge in [0.15, 0.2) is 5.11 Å². The zero-order valence-corrected chi connectivity index (χ0v) is 19.3. The van der Waals surface area contributed by atoms with Gasteiger partial charge in [0.1, 0.15) is 0 Å². The molecule has 3 heterocycles. The van der Waals surface area contributed by atoms with Gasteiger partial charge in [-0.15, -0.1) is 0 Å². The highest BCUT2D eigenvalue weighted by atomic mass is 32.1. The molecule has 1 fully saturated rings. The van der Waals surface area contributed by atoms with Gasteiger partial charge in [0.05, 0.1) is 17.8 Å². The van der Waals surface area contributed by atoms with Gasteiger partial charge in [-0.1, -0.05) is 19.1 Å². The average molecular weight is 419 g/mol. The molecule has 30 heavy (non-hydrogen) atoms. The minimum absolute atomic E-state index is 0.0402. The normalized spacial score (nSPS) is 18.7. The number of hydrogen-bond acceptors (Lipinski definition) is 2. The van der Waals surface area contributed by atoms with Crippen LogP contribution in [0.1, 0.15) is 59.2 Å². The van der Waals surface area contributed by atoms with Crippen LogP contribution in [0.5, 0.6) is 0 Å². The van der Waals surface area contributed by atoms with Crippen molar-refractivity contribution in [3.8, 4) is 5.69 Å². The number of nitrogens with one attached hydrogen (secondary N) is 1. The van der Waals surface area contributed by atoms with Gasteiger partial charge in [0, 0.05) is 29.8 Å². The lowest BCUT2D eigenvalue weighted by atomic mass is 9.96. The van der Waals surface area contributed by atoms with E-state index in [1.54, 1.807) is 0 Å². The van der Waals surface area contributed by atoms with Crippen LogP contribution in [-0.4, -0.2) is 26.1 Å². The summed E-state index contributed by atoms with van der Waals surface area (Å²) in [5.41, 5.74) is 8.61. The van der Waals surface area contributed by atoms with E-state index < -0.39 is 0 Å². The van der Waals surface area contributed by atoms with E-state index in [4.69, 9.17) is 12.2 Å². The van der Waals surface area contributed by atoms with Crippen LogP contribution in [0.4, 0.5) is 0 Å². The molecule has 4 rings (SSSR count). The number of aryl methyl sites for hydroxylation is 3. The van der Waals surface area contributed by atoms with Gasteiger partial charge < -0.3 is 14.8 Å². The van der Waals surface area contributed by atoms with Gasteiger partial charge in [0.2, 0.25) is 0 Å². The van der Waals surface area contributed by atoms with Crippen LogP contribution in [0.3, 0.4) is 0 Å². The Morgan fingerprint density at radius 1 is 1.03 bits per heavy atom. The number of thiocarbonyl (C=S) groups is 1. The lowest BCUT2D eigenvalue weighted by Crippen LogP contribution is -2.30. The molecular weight excluding hydrogens is 388 g/mol. The van der Waals surface area contributed by atoms with E-state index in [1.807, 2.05) is 18.3 Å². The maximum Gasteiger partial charge on any atom is 0.170 e. The Bertz CT molecular complexity index is 1050. The Balaban J connectivity index is 1.85. The number of pyridine rings is 1. The smallest absolute Gasteiger partial charge is 0.170 e. The minimum Gasteiger partial charge on any atom is -0.352 e. The Morgan fingerprint density at radius 2 is 1.77 bits per heavy atom. The van der Waals surface area contributed by atoms with E-state index >= 15 is 0 Å². The summed E-state index contributed by atoms with van der Waals surface area (Å²) >= 11 is 5.75. The molecule has 156 valence electrons. The maximum absolute atomic E-state index is 5.75. The summed E-state index contributed by atoms with van der Waals surface area (Å²) in [4.78, 5) is 6.99. The molecule has 0 spiro atoms. The first kappa shape index (κ1) is 20.6. The fourth-order valence-corrected chi connectivity index (χ4v) is 5.12. The van der Waals surface area contributed by atoms with Crippen molar-refractivity contribution in [2.24, 2.45) is 0 Å². The Morgan fingerprint density at radius 3 is 2.40 bits per heavy atom. The summed E-state index contributed by atoms with van der Waals surface area (Å²) in [6.07, 6.45) is 2.90. The van der Waals surface area contributed by atoms with Gasteiger partial charge in [-0.05, 0) is 93.4 Å². The van der Waals surface area contributed by atoms with E-state index in [0.29, 0.717) is 0 Å². The molecule has 2 atom stereocenters. The molecule has 2 unspecified atom stereocenters. The molecule has 1 aliphatic heterocycles. The fourth-order valence-electron chi connectivity index (χ4n) is 4.79. The van der Waals surface area contributed by atoms with Gasteiger partial charge in [0.25, 0.3) is 0 Å². The van der Waals surface area contributed by atoms with Crippen LogP contribution < -0.4 is 5.32 Å². The summed E-state index contributed by atoms with van der Waals surface area (Å²) in [6, 6.07) is 15.3. The molecule has 2 aromatic heterocycles. The summed E-state index contributed by atoms with van der Waals surface area (Å²) in [5.74, 6) is 0. The first-order valence-electron chi connectivity index (χ1n) is 10.7. The van der Waals surface area contributed by atoms with Crippen molar-refractivity contribution in [1.82, 2.24) is 19.8 Å². The molecular formula is C25H30N4S. The highest BCUT2D eigenvalue weighted by Crippen LogP contribution is 2.41. The molecule has 0 bridgehead atoms. The van der Waals surface area contributed by atoms with Gasteiger partial charge >= 0.3 is 0 Å². The molecule has 0 saturated carbocycles. The SMILES string of the molecule is CCCN1C(=S)NC(c2ccccn2)C1c1cc(C)n(-c2cc(C)cc(C)c2)c1C. The summed E-state index contributed by atoms with van der Waals surface area (Å²) in [7, 11) is 0. The van der Waals surface area contributed by atoms with Crippen molar-refractivity contribution in [3.05, 3.63) is 82.4 Å². The van der Waals surface area contributed by atoms with E-state index in [0.717, 1.165) is 23.8 Å². The van der Waals surface area contributed by atoms with E-state index in [9.17, 15) is 0 Å². The van der Waals surface area contributed by atoms with Crippen molar-refractivity contribution in [1.29, 1.82) is 0 Å². The number of benzene rings is 1. The third kappa shape index (κ3) is 3.63. The van der Waals surface area contributed by atoms with Crippen molar-refractivity contribution in [2.75, 3.05) is 6.54 Å². The zero-order chi connectivity index (χ0) is 21.4. The van der Waals surface area contributed by atoms with E-state index in [1.165, 1.54) is 33.8 Å². The lowest BCUT2D eigenvalue weighted by Gasteiger charge is -2.27. The lowest BCUT2D eigenvalue weighted by molar-refractivity contribution is 0.316. The molecule has 4 nitrogen and oxygen atoms in total. The topological polar surface area (TPSA) is 33.1 Å². The number of nitrogens with zero attached hydrogens (tertiary/aromatic N) is 3. The third-order valence-corrected chi connectivity index (χ3v) is 6.27. The van der Waals surface area contributed by atoms with Crippen LogP contribution in [0.25, 0.3) is 5.69 Å². The molecule has 0 radical (unpaired) electrons. The minimum atomic E-state index is 0.0402. The van der Waals surface area contributed by atoms with Crippen LogP contribution in [0, 0.1) is 27.7 Å². The molecule has 1 aliphatic rings. The van der Waals surface area contributed by atoms with E-state index in [2.05, 4.69) is 84.7 Å². The number of rotatable bonds is 5. The van der Waals surface area contributed by atoms with Crippen molar-refractivity contribution >= 4 is 17.3 Å². The summed E-state index contributed by atoms with van der Waals surface area (Å²) in [5, 5.41) is 4.37. The fraction of sp³-hybridized carbons (Fsp3) is 0.360. The highest BCUT2D eigenvalue weighted by Gasteiger charge is 2.40. The first-order chi connectivity index (χ1) is 14.4. The van der Waals surface area contributed by atoms with E-state index in [-0.39, 0.29) is 12.1 Å². The second-order valence-electron chi connectivity index (χ2n) is 8.33. The Hall–Kier alpha value is -2.66. The standard InChI is InChI=1S/C25H30N4S/c1-6-11-28-24(23(27-25(28)30)22-9-7-8-10-26-22)21-15-18(4)29(19(21)5)20-13-16(2)12-17(3)14-20/h7-10,12-15,23-24H,6,11H2,1-5H3,(H,27,30). The summed E-state index contributed by atoms with van der Waals surface area (Å²) < 4.78 is 2.37. The molecule has 5 heteroatoms. The third-order valence-electron chi connectivity index (χ3n) is 5.92. The predicted molar refractivity (Wildman–Crippen MR) is 127 cm³/mol. The molecule has 0 amide bonds. The van der Waals surface area contributed by atoms with Crippen molar-refractivity contribution in [2.45, 2.75) is 53.1 Å². The van der Waals surface area contributed by atoms with Crippen LogP contribution in [0.2, 0.25) is 0 Å². The number of aromatic nitrogens is 2. The molecule has 0 aliphatic carbocycles. The van der Waals surface area contributed by atoms with Crippen molar-refractivity contribution < 1.29 is 0 Å². The van der Waals surface area contributed by atoms with Gasteiger partial charge in [-0.2, -0.15) is 0 Å². The average Bonchev–Trinajstić information content (AvgIpc) is 3.18. The van der Waals surface area contributed by atoms with Crippen LogP contribution in [0.15, 0.2) is 48.7 Å². The monoisotopic (exact) mass is 418 g/mol. The van der Waals surface area contributed by atoms with Gasteiger partial charge in [-0.3, -0.25) is 4.98 Å². The van der Waals surface area contributed by atoms with Crippen LogP contribution >= 0.6 is 12.2 Å². The Kier molecular flexibility index (Phi) is 5.65. The molecule has 1 saturated heterocycles. The second kappa shape index (κ2) is 8.23. The molecule has 3 aromatic rings. The predicted octanol–water partition coefficient (Wildman–Crippen LogP) is 5.49. The zero-order valence-electron chi connectivity index (χ0n) is 18.4. The summed E-state index contributed by atoms with van der Waals surface area (Å²) in [6.45, 7) is 11.9. The Labute approximate surface area is 184 Å². The second-order valence-corrected chi connectivity index (χ2v) is 8.71. The van der Waals surface area contributed by atoms with Gasteiger partial charge in [-0.25, -0.2) is 0 Å². The van der Waals surface area contributed by atoms with Crippen molar-refractivity contribution in [3.63, 3.8) is 0 Å². The molecule has 1 N–H and O–H groups in total. The first-order valence-corrected chi connectivity index (χ1v) is 11.1. The quantitative estimate of drug-likeness (QED) is 0.556. The maximum atomic E-state index is 5.75. The van der Waals surface area contributed by atoms with Crippen LogP contribution in [-0.2, 0) is 0 Å². The highest BCUT2D eigenvalue weighted by molar-refractivity contribution is 7.80. The number of hydrogen-bond donors (Lipinski definition) is 1.